The Bertz CT molecular complexity index is 1080. The first-order valence-corrected chi connectivity index (χ1v) is 16.3. The van der Waals surface area contributed by atoms with Crippen molar-refractivity contribution < 1.29 is 8.78 Å². The SMILES string of the molecule is CCCCCCCCCCCCc1ccc(-c2ccc(-c3ccc(CCCCCCCC)cc3)c(F)c2F)cc1. The van der Waals surface area contributed by atoms with Crippen molar-refractivity contribution in [2.24, 2.45) is 0 Å². The lowest BCUT2D eigenvalue weighted by Crippen LogP contribution is -1.95. The van der Waals surface area contributed by atoms with Gasteiger partial charge in [0.15, 0.2) is 11.6 Å². The highest BCUT2D eigenvalue weighted by atomic mass is 19.2. The average molecular weight is 547 g/mol. The number of rotatable bonds is 20. The third-order valence-electron chi connectivity index (χ3n) is 8.25. The molecule has 0 aliphatic carbocycles. The van der Waals surface area contributed by atoms with Gasteiger partial charge in [-0.1, -0.05) is 164 Å². The Hall–Kier alpha value is -2.48. The first-order valence-electron chi connectivity index (χ1n) is 16.3. The van der Waals surface area contributed by atoms with Gasteiger partial charge in [-0.3, -0.25) is 0 Å². The smallest absolute Gasteiger partial charge is 0.167 e. The molecular formula is C38H52F2. The molecule has 0 saturated heterocycles. The molecule has 0 heterocycles. The number of aryl methyl sites for hydroxylation is 2. The van der Waals surface area contributed by atoms with Crippen molar-refractivity contribution in [2.45, 2.75) is 129 Å². The molecule has 0 aliphatic rings. The molecule has 0 fully saturated rings. The molecule has 0 atom stereocenters. The van der Waals surface area contributed by atoms with E-state index >= 15 is 8.78 Å². The Labute approximate surface area is 243 Å². The highest BCUT2D eigenvalue weighted by molar-refractivity contribution is 5.72. The first kappa shape index (κ1) is 32.0. The summed E-state index contributed by atoms with van der Waals surface area (Å²) in [5.74, 6) is -1.54. The molecule has 0 N–H and O–H groups in total. The molecule has 0 spiro atoms. The number of benzene rings is 3. The lowest BCUT2D eigenvalue weighted by atomic mass is 9.96. The van der Waals surface area contributed by atoms with Gasteiger partial charge in [0, 0.05) is 11.1 Å². The molecule has 218 valence electrons. The van der Waals surface area contributed by atoms with Crippen LogP contribution in [0.25, 0.3) is 22.3 Å². The highest BCUT2D eigenvalue weighted by Crippen LogP contribution is 2.32. The summed E-state index contributed by atoms with van der Waals surface area (Å²) in [6.07, 6.45) is 23.0. The van der Waals surface area contributed by atoms with Gasteiger partial charge in [0.2, 0.25) is 0 Å². The molecule has 0 amide bonds. The topological polar surface area (TPSA) is 0 Å². The van der Waals surface area contributed by atoms with Crippen molar-refractivity contribution in [3.8, 4) is 22.3 Å². The maximum absolute atomic E-state index is 15.2. The minimum Gasteiger partial charge on any atom is -0.203 e. The van der Waals surface area contributed by atoms with Crippen LogP contribution in [0.1, 0.15) is 128 Å². The second-order valence-corrected chi connectivity index (χ2v) is 11.6. The summed E-state index contributed by atoms with van der Waals surface area (Å²) < 4.78 is 30.3. The van der Waals surface area contributed by atoms with Crippen LogP contribution in [0, 0.1) is 11.6 Å². The molecule has 0 radical (unpaired) electrons. The maximum Gasteiger partial charge on any atom is 0.167 e. The van der Waals surface area contributed by atoms with Crippen LogP contribution in [-0.4, -0.2) is 0 Å². The van der Waals surface area contributed by atoms with E-state index in [1.807, 2.05) is 24.3 Å². The Morgan fingerprint density at radius 1 is 0.375 bits per heavy atom. The first-order chi connectivity index (χ1) is 19.6. The Balaban J connectivity index is 1.46. The molecule has 2 heteroatoms. The number of halogens is 2. The highest BCUT2D eigenvalue weighted by Gasteiger charge is 2.16. The summed E-state index contributed by atoms with van der Waals surface area (Å²) in [4.78, 5) is 0. The van der Waals surface area contributed by atoms with Gasteiger partial charge >= 0.3 is 0 Å². The van der Waals surface area contributed by atoms with Crippen molar-refractivity contribution in [1.82, 2.24) is 0 Å². The number of hydrogen-bond acceptors (Lipinski definition) is 0. The monoisotopic (exact) mass is 546 g/mol. The third kappa shape index (κ3) is 10.8. The Morgan fingerprint density at radius 2 is 0.675 bits per heavy atom. The van der Waals surface area contributed by atoms with E-state index in [1.54, 1.807) is 12.1 Å². The molecule has 3 aromatic carbocycles. The maximum atomic E-state index is 15.2. The molecule has 0 saturated carbocycles. The zero-order chi connectivity index (χ0) is 28.4. The van der Waals surface area contributed by atoms with Crippen molar-refractivity contribution >= 4 is 0 Å². The van der Waals surface area contributed by atoms with Gasteiger partial charge in [-0.15, -0.1) is 0 Å². The van der Waals surface area contributed by atoms with Crippen molar-refractivity contribution in [3.63, 3.8) is 0 Å². The van der Waals surface area contributed by atoms with Gasteiger partial charge in [0.1, 0.15) is 0 Å². The van der Waals surface area contributed by atoms with Crippen LogP contribution < -0.4 is 0 Å². The number of hydrogen-bond donors (Lipinski definition) is 0. The molecule has 40 heavy (non-hydrogen) atoms. The fourth-order valence-corrected chi connectivity index (χ4v) is 5.62. The van der Waals surface area contributed by atoms with Gasteiger partial charge in [-0.05, 0) is 47.9 Å². The van der Waals surface area contributed by atoms with E-state index in [1.165, 1.54) is 114 Å². The van der Waals surface area contributed by atoms with Gasteiger partial charge < -0.3 is 0 Å². The Kier molecular flexibility index (Phi) is 15.1. The molecule has 0 aromatic heterocycles. The number of unbranched alkanes of at least 4 members (excludes halogenated alkanes) is 14. The predicted molar refractivity (Wildman–Crippen MR) is 170 cm³/mol. The van der Waals surface area contributed by atoms with Crippen molar-refractivity contribution in [2.75, 3.05) is 0 Å². The van der Waals surface area contributed by atoms with Crippen LogP contribution in [0.4, 0.5) is 8.78 Å². The molecule has 0 nitrogen and oxygen atoms in total. The van der Waals surface area contributed by atoms with Crippen LogP contribution in [0.15, 0.2) is 60.7 Å². The average Bonchev–Trinajstić information content (AvgIpc) is 2.98. The summed E-state index contributed by atoms with van der Waals surface area (Å²) >= 11 is 0. The van der Waals surface area contributed by atoms with E-state index in [0.717, 1.165) is 24.0 Å². The summed E-state index contributed by atoms with van der Waals surface area (Å²) in [5, 5.41) is 0. The lowest BCUT2D eigenvalue weighted by Gasteiger charge is -2.11. The van der Waals surface area contributed by atoms with E-state index in [0.29, 0.717) is 11.1 Å². The van der Waals surface area contributed by atoms with E-state index in [9.17, 15) is 0 Å². The largest absolute Gasteiger partial charge is 0.203 e. The standard InChI is InChI=1S/C38H52F2/c1-3-5-7-9-11-12-13-14-16-18-20-32-23-27-34(28-24-32)36-30-29-35(37(39)38(36)40)33-25-21-31(22-26-33)19-17-15-10-8-6-4-2/h21-30H,3-20H2,1-2H3. The van der Waals surface area contributed by atoms with Gasteiger partial charge in [-0.25, -0.2) is 8.78 Å². The van der Waals surface area contributed by atoms with Crippen LogP contribution in [0.2, 0.25) is 0 Å². The van der Waals surface area contributed by atoms with Gasteiger partial charge in [-0.2, -0.15) is 0 Å². The second-order valence-electron chi connectivity index (χ2n) is 11.6. The zero-order valence-electron chi connectivity index (χ0n) is 25.3. The summed E-state index contributed by atoms with van der Waals surface area (Å²) in [6.45, 7) is 4.50. The minimum absolute atomic E-state index is 0.324. The van der Waals surface area contributed by atoms with E-state index in [-0.39, 0.29) is 0 Å². The predicted octanol–water partition coefficient (Wildman–Crippen LogP) is 12.7. The molecular weight excluding hydrogens is 494 g/mol. The van der Waals surface area contributed by atoms with Crippen molar-refractivity contribution in [1.29, 1.82) is 0 Å². The zero-order valence-corrected chi connectivity index (χ0v) is 25.3. The van der Waals surface area contributed by atoms with Crippen LogP contribution in [-0.2, 0) is 12.8 Å². The molecule has 0 unspecified atom stereocenters. The van der Waals surface area contributed by atoms with Crippen LogP contribution in [0.5, 0.6) is 0 Å². The molecule has 3 rings (SSSR count). The summed E-state index contributed by atoms with van der Waals surface area (Å²) in [6, 6.07) is 19.4. The van der Waals surface area contributed by atoms with Crippen LogP contribution >= 0.6 is 0 Å². The molecule has 0 aliphatic heterocycles. The quantitative estimate of drug-likeness (QED) is 0.124. The third-order valence-corrected chi connectivity index (χ3v) is 8.25. The van der Waals surface area contributed by atoms with Crippen molar-refractivity contribution in [3.05, 3.63) is 83.4 Å². The summed E-state index contributed by atoms with van der Waals surface area (Å²) in [5.41, 5.74) is 4.62. The normalized spacial score (nSPS) is 11.3. The Morgan fingerprint density at radius 3 is 1.00 bits per heavy atom. The fourth-order valence-electron chi connectivity index (χ4n) is 5.62. The van der Waals surface area contributed by atoms with Gasteiger partial charge in [0.05, 0.1) is 0 Å². The second kappa shape index (κ2) is 18.8. The summed E-state index contributed by atoms with van der Waals surface area (Å²) in [7, 11) is 0. The van der Waals surface area contributed by atoms with E-state index < -0.39 is 11.6 Å². The molecule has 0 bridgehead atoms. The van der Waals surface area contributed by atoms with Gasteiger partial charge in [0.25, 0.3) is 0 Å². The minimum atomic E-state index is -0.768. The van der Waals surface area contributed by atoms with E-state index in [4.69, 9.17) is 0 Å². The lowest BCUT2D eigenvalue weighted by molar-refractivity contribution is 0.514. The molecule has 3 aromatic rings. The van der Waals surface area contributed by atoms with E-state index in [2.05, 4.69) is 38.1 Å². The van der Waals surface area contributed by atoms with Crippen LogP contribution in [0.3, 0.4) is 0 Å². The fraction of sp³-hybridized carbons (Fsp3) is 0.526.